The predicted molar refractivity (Wildman–Crippen MR) is 114 cm³/mol. The molecule has 0 radical (unpaired) electrons. The highest BCUT2D eigenvalue weighted by atomic mass is 16.6. The Morgan fingerprint density at radius 1 is 1.33 bits per heavy atom. The second-order valence-corrected chi connectivity index (χ2v) is 10.9. The van der Waals surface area contributed by atoms with Crippen LogP contribution in [0.5, 0.6) is 11.5 Å². The molecule has 6 aliphatic rings. The van der Waals surface area contributed by atoms with Crippen molar-refractivity contribution < 1.29 is 19.7 Å². The Labute approximate surface area is 178 Å². The van der Waals surface area contributed by atoms with E-state index >= 15 is 0 Å². The maximum absolute atomic E-state index is 11.3. The second kappa shape index (κ2) is 5.62. The number of hydrogen-bond donors (Lipinski definition) is 2. The number of hydrogen-bond acceptors (Lipinski definition) is 5. The summed E-state index contributed by atoms with van der Waals surface area (Å²) in [5.41, 5.74) is 0.989. The molecule has 0 amide bonds. The molecule has 30 heavy (non-hydrogen) atoms. The number of piperidine rings is 1. The van der Waals surface area contributed by atoms with E-state index in [0.717, 1.165) is 45.2 Å². The van der Waals surface area contributed by atoms with E-state index in [1.807, 2.05) is 19.9 Å². The van der Waals surface area contributed by atoms with Crippen molar-refractivity contribution >= 4 is 0 Å². The van der Waals surface area contributed by atoms with Crippen LogP contribution in [0.2, 0.25) is 0 Å². The van der Waals surface area contributed by atoms with Crippen molar-refractivity contribution in [2.24, 2.45) is 11.3 Å². The van der Waals surface area contributed by atoms with E-state index in [1.54, 1.807) is 13.2 Å². The third kappa shape index (κ3) is 1.84. The standard InChI is InChI=1S/C25H33NO4/c1-5-11-26-12-10-24-19-15-6-7-16(27)20(19)30-21(24)25(29-4)9-8-23(24,18(26)13-15)14-17(25)22(2,3)28/h5-7,17-18,21,27-28H,1,8-14H2,2-4H3/t17-,18+,21+,23+,24-,25+/m0/s1. The number of fused-ring (bicyclic) bond motifs is 2. The lowest BCUT2D eigenvalue weighted by Gasteiger charge is -2.74. The first-order valence-electron chi connectivity index (χ1n) is 11.4. The molecule has 5 heteroatoms. The van der Waals surface area contributed by atoms with Gasteiger partial charge in [-0.15, -0.1) is 6.58 Å². The summed E-state index contributed by atoms with van der Waals surface area (Å²) in [6.45, 7) is 9.76. The van der Waals surface area contributed by atoms with Gasteiger partial charge in [-0.3, -0.25) is 4.90 Å². The number of likely N-dealkylation sites (tertiary alicyclic amines) is 1. The Bertz CT molecular complexity index is 938. The first-order valence-corrected chi connectivity index (χ1v) is 11.4. The van der Waals surface area contributed by atoms with Crippen LogP contribution in [0.1, 0.15) is 50.7 Å². The van der Waals surface area contributed by atoms with Crippen molar-refractivity contribution in [1.29, 1.82) is 0 Å². The van der Waals surface area contributed by atoms with Gasteiger partial charge in [0.05, 0.1) is 5.60 Å². The van der Waals surface area contributed by atoms with Crippen LogP contribution in [0.3, 0.4) is 0 Å². The van der Waals surface area contributed by atoms with Crippen LogP contribution in [0.25, 0.3) is 0 Å². The predicted octanol–water partition coefficient (Wildman–Crippen LogP) is 3.16. The van der Waals surface area contributed by atoms with Crippen molar-refractivity contribution in [2.45, 2.75) is 74.7 Å². The summed E-state index contributed by atoms with van der Waals surface area (Å²) in [6.07, 6.45) is 6.68. The zero-order valence-electron chi connectivity index (χ0n) is 18.3. The molecule has 7 rings (SSSR count). The molecule has 4 aliphatic carbocycles. The zero-order chi connectivity index (χ0) is 21.1. The summed E-state index contributed by atoms with van der Waals surface area (Å²) in [6, 6.07) is 4.29. The molecule has 2 N–H and O–H groups in total. The quantitative estimate of drug-likeness (QED) is 0.746. The molecule has 0 aromatic heterocycles. The third-order valence-electron chi connectivity index (χ3n) is 9.69. The van der Waals surface area contributed by atoms with Gasteiger partial charge in [0.2, 0.25) is 0 Å². The average Bonchev–Trinajstić information content (AvgIpc) is 3.08. The molecule has 2 spiro atoms. The average molecular weight is 412 g/mol. The number of nitrogens with zero attached hydrogens (tertiary/aromatic N) is 1. The minimum absolute atomic E-state index is 0.00984. The molecule has 1 saturated heterocycles. The summed E-state index contributed by atoms with van der Waals surface area (Å²) in [7, 11) is 1.79. The molecule has 4 bridgehead atoms. The molecule has 6 atom stereocenters. The topological polar surface area (TPSA) is 62.2 Å². The van der Waals surface area contributed by atoms with Gasteiger partial charge in [-0.1, -0.05) is 12.1 Å². The van der Waals surface area contributed by atoms with Gasteiger partial charge in [0.1, 0.15) is 11.7 Å². The van der Waals surface area contributed by atoms with E-state index in [-0.39, 0.29) is 28.6 Å². The monoisotopic (exact) mass is 411 g/mol. The Hall–Kier alpha value is -1.56. The summed E-state index contributed by atoms with van der Waals surface area (Å²) < 4.78 is 13.1. The minimum atomic E-state index is -0.872. The van der Waals surface area contributed by atoms with Crippen molar-refractivity contribution in [3.05, 3.63) is 35.9 Å². The Morgan fingerprint density at radius 2 is 2.13 bits per heavy atom. The summed E-state index contributed by atoms with van der Waals surface area (Å²) in [5.74, 6) is 0.897. The van der Waals surface area contributed by atoms with Crippen molar-refractivity contribution in [2.75, 3.05) is 20.2 Å². The van der Waals surface area contributed by atoms with Crippen LogP contribution >= 0.6 is 0 Å². The highest BCUT2D eigenvalue weighted by molar-refractivity contribution is 5.63. The molecule has 1 aromatic carbocycles. The Morgan fingerprint density at radius 3 is 2.83 bits per heavy atom. The number of rotatable bonds is 4. The van der Waals surface area contributed by atoms with Gasteiger partial charge in [-0.25, -0.2) is 0 Å². The van der Waals surface area contributed by atoms with E-state index in [4.69, 9.17) is 9.47 Å². The Kier molecular flexibility index (Phi) is 3.59. The fourth-order valence-corrected chi connectivity index (χ4v) is 8.76. The molecule has 1 aromatic rings. The molecule has 2 heterocycles. The number of methoxy groups -OCH3 is 1. The van der Waals surface area contributed by atoms with Gasteiger partial charge < -0.3 is 19.7 Å². The first kappa shape index (κ1) is 19.1. The zero-order valence-corrected chi connectivity index (χ0v) is 18.3. The van der Waals surface area contributed by atoms with Gasteiger partial charge in [0.15, 0.2) is 11.5 Å². The lowest BCUT2D eigenvalue weighted by molar-refractivity contribution is -0.299. The van der Waals surface area contributed by atoms with E-state index < -0.39 is 11.2 Å². The number of benzene rings is 1. The second-order valence-electron chi connectivity index (χ2n) is 10.9. The smallest absolute Gasteiger partial charge is 0.165 e. The largest absolute Gasteiger partial charge is 0.504 e. The van der Waals surface area contributed by atoms with E-state index in [0.29, 0.717) is 11.8 Å². The molecule has 2 aliphatic heterocycles. The summed E-state index contributed by atoms with van der Waals surface area (Å²) in [5, 5.41) is 22.1. The van der Waals surface area contributed by atoms with Crippen LogP contribution in [0.4, 0.5) is 0 Å². The highest BCUT2D eigenvalue weighted by Crippen LogP contribution is 2.77. The maximum atomic E-state index is 11.3. The summed E-state index contributed by atoms with van der Waals surface area (Å²) >= 11 is 0. The molecule has 0 unspecified atom stereocenters. The number of phenolic OH excluding ortho intramolecular Hbond substituents is 1. The van der Waals surface area contributed by atoms with E-state index in [9.17, 15) is 10.2 Å². The van der Waals surface area contributed by atoms with Gasteiger partial charge in [-0.05, 0) is 64.1 Å². The lowest BCUT2D eigenvalue weighted by atomic mass is 9.34. The van der Waals surface area contributed by atoms with Crippen molar-refractivity contribution in [1.82, 2.24) is 4.90 Å². The molecule has 5 nitrogen and oxygen atoms in total. The fourth-order valence-electron chi connectivity index (χ4n) is 8.76. The van der Waals surface area contributed by atoms with Crippen LogP contribution in [-0.2, 0) is 16.6 Å². The van der Waals surface area contributed by atoms with Gasteiger partial charge >= 0.3 is 0 Å². The number of ether oxygens (including phenoxy) is 2. The van der Waals surface area contributed by atoms with Crippen LogP contribution in [0, 0.1) is 11.3 Å². The minimum Gasteiger partial charge on any atom is -0.504 e. The molecule has 162 valence electrons. The lowest BCUT2D eigenvalue weighted by Crippen LogP contribution is -2.82. The molecule has 3 saturated carbocycles. The molecule has 4 fully saturated rings. The van der Waals surface area contributed by atoms with Crippen LogP contribution in [0.15, 0.2) is 24.8 Å². The van der Waals surface area contributed by atoms with E-state index in [2.05, 4.69) is 17.5 Å². The van der Waals surface area contributed by atoms with Gasteiger partial charge in [0, 0.05) is 42.0 Å². The van der Waals surface area contributed by atoms with Crippen molar-refractivity contribution in [3.63, 3.8) is 0 Å². The number of phenols is 1. The SMILES string of the molecule is C=CCN1CC[C@]23c4c5ccc(O)c4O[C@H]2[C@@]2(OC)CC[C@@]3(C[C@H]2C(C)(C)O)[C@H]1C5. The number of aromatic hydroxyl groups is 1. The van der Waals surface area contributed by atoms with Gasteiger partial charge in [0.25, 0.3) is 0 Å². The molecular formula is C25H33NO4. The van der Waals surface area contributed by atoms with Crippen LogP contribution < -0.4 is 4.74 Å². The highest BCUT2D eigenvalue weighted by Gasteiger charge is 2.81. The number of aliphatic hydroxyl groups is 1. The first-order chi connectivity index (χ1) is 14.2. The fraction of sp³-hybridized carbons (Fsp3) is 0.680. The third-order valence-corrected chi connectivity index (χ3v) is 9.69. The maximum Gasteiger partial charge on any atom is 0.165 e. The van der Waals surface area contributed by atoms with E-state index in [1.165, 1.54) is 11.1 Å². The van der Waals surface area contributed by atoms with Gasteiger partial charge in [-0.2, -0.15) is 0 Å². The molecular weight excluding hydrogens is 378 g/mol. The Balaban J connectivity index is 1.66. The summed E-state index contributed by atoms with van der Waals surface area (Å²) in [4.78, 5) is 2.61. The van der Waals surface area contributed by atoms with Crippen LogP contribution in [-0.4, -0.2) is 58.7 Å². The van der Waals surface area contributed by atoms with Crippen molar-refractivity contribution in [3.8, 4) is 11.5 Å². The normalized spacial score (nSPS) is 43.3.